The molecule has 0 atom stereocenters. The van der Waals surface area contributed by atoms with Crippen molar-refractivity contribution in [1.29, 1.82) is 0 Å². The van der Waals surface area contributed by atoms with E-state index >= 15 is 0 Å². The fourth-order valence-electron chi connectivity index (χ4n) is 9.52. The number of pyridine rings is 1. The van der Waals surface area contributed by atoms with Crippen LogP contribution in [0.1, 0.15) is 37.5 Å². The molecule has 0 bridgehead atoms. The minimum atomic E-state index is -0.249. The van der Waals surface area contributed by atoms with Gasteiger partial charge in [-0.1, -0.05) is 183 Å². The molecule has 3 heterocycles. The Labute approximate surface area is 414 Å². The Morgan fingerprint density at radius 2 is 1.19 bits per heavy atom. The largest absolute Gasteiger partial charge is 0.510 e. The Bertz CT molecular complexity index is 3350. The Morgan fingerprint density at radius 1 is 0.588 bits per heavy atom. The quantitative estimate of drug-likeness (QED) is 0.0820. The van der Waals surface area contributed by atoms with Crippen LogP contribution in [0.25, 0.3) is 44.7 Å². The van der Waals surface area contributed by atoms with Crippen LogP contribution in [0.5, 0.6) is 11.5 Å². The molecule has 0 saturated carbocycles. The van der Waals surface area contributed by atoms with Crippen LogP contribution in [0.4, 0.5) is 22.9 Å². The first-order valence-electron chi connectivity index (χ1n) is 22.8. The summed E-state index contributed by atoms with van der Waals surface area (Å²) < 4.78 is 11.1. The van der Waals surface area contributed by atoms with Crippen LogP contribution in [0.15, 0.2) is 200 Å². The number of imidazole rings is 1. The molecular weight excluding hydrogens is 1010 g/mol. The zero-order valence-corrected chi connectivity index (χ0v) is 40.9. The second-order valence-corrected chi connectivity index (χ2v) is 18.2. The van der Waals surface area contributed by atoms with Gasteiger partial charge in [-0.05, 0) is 82.5 Å². The number of fused-ring (bicyclic) bond motifs is 2. The van der Waals surface area contributed by atoms with Gasteiger partial charge in [0.25, 0.3) is 6.33 Å². The summed E-state index contributed by atoms with van der Waals surface area (Å²) in [6.45, 7) is 10.9. The number of ether oxygens (including phenoxy) is 1. The van der Waals surface area contributed by atoms with E-state index in [9.17, 15) is 0 Å². The smallest absolute Gasteiger partial charge is 0.409 e. The molecule has 0 amide bonds. The SMILES string of the molecule is Cc1cccc(C)c1B1N(c2cc(C(C)(C)C)ccn2)c2[c-]c(Oc3[c-]c(-n4[c-][n+](-c5c(-c6ccccc6)cccc5-c5ccccc5)c5ccccc54)ccc3)ccc2N1c1ccccc1.[Pt]. The molecule has 8 aromatic carbocycles. The van der Waals surface area contributed by atoms with Gasteiger partial charge in [0.15, 0.2) is 0 Å². The molecule has 0 saturated heterocycles. The topological polar surface area (TPSA) is 37.4 Å². The molecule has 0 N–H and O–H groups in total. The normalized spacial score (nSPS) is 12.3. The molecule has 8 heteroatoms. The molecule has 0 aliphatic carbocycles. The number of aromatic nitrogens is 3. The molecule has 0 radical (unpaired) electrons. The third kappa shape index (κ3) is 8.11. The first kappa shape index (κ1) is 44.4. The van der Waals surface area contributed by atoms with Crippen LogP contribution in [0.3, 0.4) is 0 Å². The fourth-order valence-corrected chi connectivity index (χ4v) is 9.52. The molecule has 1 aliphatic rings. The van der Waals surface area contributed by atoms with Crippen molar-refractivity contribution >= 4 is 46.4 Å². The first-order valence-corrected chi connectivity index (χ1v) is 22.8. The predicted molar refractivity (Wildman–Crippen MR) is 274 cm³/mol. The van der Waals surface area contributed by atoms with Gasteiger partial charge in [0.05, 0.1) is 16.7 Å². The van der Waals surface area contributed by atoms with E-state index < -0.39 is 0 Å². The Hall–Kier alpha value is -7.47. The fraction of sp³-hybridized carbons (Fsp3) is 0.100. The van der Waals surface area contributed by atoms with Crippen LogP contribution in [0.2, 0.25) is 0 Å². The number of para-hydroxylation sites is 4. The minimum absolute atomic E-state index is 0. The zero-order chi connectivity index (χ0) is 45.6. The monoisotopic (exact) mass is 1060 g/mol. The molecule has 2 aromatic heterocycles. The summed E-state index contributed by atoms with van der Waals surface area (Å²) in [4.78, 5) is 9.81. The summed E-state index contributed by atoms with van der Waals surface area (Å²) in [5.74, 6) is 1.97. The van der Waals surface area contributed by atoms with Gasteiger partial charge >= 0.3 is 6.98 Å². The van der Waals surface area contributed by atoms with Crippen LogP contribution in [0, 0.1) is 32.3 Å². The van der Waals surface area contributed by atoms with Gasteiger partial charge in [0.2, 0.25) is 0 Å². The second-order valence-electron chi connectivity index (χ2n) is 18.2. The maximum atomic E-state index is 6.80. The van der Waals surface area contributed by atoms with E-state index in [1.54, 1.807) is 0 Å². The average Bonchev–Trinajstić information content (AvgIpc) is 3.90. The summed E-state index contributed by atoms with van der Waals surface area (Å²) in [6, 6.07) is 75.1. The number of anilines is 4. The Morgan fingerprint density at radius 3 is 1.87 bits per heavy atom. The summed E-state index contributed by atoms with van der Waals surface area (Å²) in [6.07, 6.45) is 5.70. The number of aryl methyl sites for hydroxylation is 2. The summed E-state index contributed by atoms with van der Waals surface area (Å²) >= 11 is 0. The van der Waals surface area contributed by atoms with Crippen molar-refractivity contribution in [3.8, 4) is 45.1 Å². The van der Waals surface area contributed by atoms with Gasteiger partial charge in [-0.2, -0.15) is 12.1 Å². The molecular formula is C60H48BN5OPt-2. The van der Waals surface area contributed by atoms with E-state index in [0.717, 1.165) is 67.5 Å². The Balaban J connectivity index is 0.00000539. The van der Waals surface area contributed by atoms with Gasteiger partial charge in [-0.3, -0.25) is 4.57 Å². The number of rotatable bonds is 9. The van der Waals surface area contributed by atoms with E-state index in [2.05, 4.69) is 248 Å². The van der Waals surface area contributed by atoms with Gasteiger partial charge < -0.3 is 18.9 Å². The maximum Gasteiger partial charge on any atom is 0.409 e. The number of benzene rings is 8. The third-order valence-corrected chi connectivity index (χ3v) is 12.8. The van der Waals surface area contributed by atoms with Crippen molar-refractivity contribution in [2.45, 2.75) is 40.0 Å². The maximum absolute atomic E-state index is 6.80. The molecule has 0 unspecified atom stereocenters. The van der Waals surface area contributed by atoms with Crippen molar-refractivity contribution in [2.75, 3.05) is 9.62 Å². The molecule has 11 rings (SSSR count). The zero-order valence-electron chi connectivity index (χ0n) is 38.6. The Kier molecular flexibility index (Phi) is 12.0. The van der Waals surface area contributed by atoms with Crippen molar-refractivity contribution in [1.82, 2.24) is 9.55 Å². The number of nitrogens with zero attached hydrogens (tertiary/aromatic N) is 5. The van der Waals surface area contributed by atoms with Crippen LogP contribution >= 0.6 is 0 Å². The molecule has 1 aliphatic heterocycles. The first-order chi connectivity index (χ1) is 32.7. The van der Waals surface area contributed by atoms with Gasteiger partial charge in [0, 0.05) is 44.4 Å². The number of hydrogen-bond acceptors (Lipinski definition) is 4. The predicted octanol–water partition coefficient (Wildman–Crippen LogP) is 13.4. The molecule has 0 spiro atoms. The average molecular weight is 1060 g/mol. The van der Waals surface area contributed by atoms with Crippen LogP contribution in [-0.4, -0.2) is 16.5 Å². The molecule has 10 aromatic rings. The van der Waals surface area contributed by atoms with E-state index in [1.807, 2.05) is 24.4 Å². The van der Waals surface area contributed by atoms with Crippen molar-refractivity contribution in [3.63, 3.8) is 0 Å². The molecule has 334 valence electrons. The number of hydrogen-bond donors (Lipinski definition) is 0. The van der Waals surface area contributed by atoms with Gasteiger partial charge in [-0.25, -0.2) is 4.98 Å². The van der Waals surface area contributed by atoms with Crippen molar-refractivity contribution in [2.24, 2.45) is 0 Å². The molecule has 0 fully saturated rings. The van der Waals surface area contributed by atoms with Crippen molar-refractivity contribution in [3.05, 3.63) is 235 Å². The standard InChI is InChI=1S/C60H48BN5O.Pt/c1-42-20-17-21-43(2)58(42)61-65(47-26-13-8-14-27-47)55-35-34-50(40-56(55)66(61)57-38-46(36-37-62-57)60(3,4)5)67-49-29-18-28-48(39-49)63-41-64(54-33-16-15-32-53(54)63)59-51(44-22-9-6-10-23-44)30-19-31-52(59)45-24-11-7-12-25-45;/h6-38H,1-5H3;/q-2;. The van der Waals surface area contributed by atoms with Crippen LogP contribution in [-0.2, 0) is 26.5 Å². The van der Waals surface area contributed by atoms with Gasteiger partial charge in [-0.15, -0.1) is 30.3 Å². The summed E-state index contributed by atoms with van der Waals surface area (Å²) in [5.41, 5.74) is 16.0. The van der Waals surface area contributed by atoms with E-state index in [-0.39, 0.29) is 33.5 Å². The molecule has 68 heavy (non-hydrogen) atoms. The summed E-state index contributed by atoms with van der Waals surface area (Å²) in [5, 5.41) is 0. The van der Waals surface area contributed by atoms with E-state index in [4.69, 9.17) is 9.72 Å². The second kappa shape index (κ2) is 18.3. The minimum Gasteiger partial charge on any atom is -0.510 e. The molecule has 6 nitrogen and oxygen atoms in total. The third-order valence-electron chi connectivity index (χ3n) is 12.8. The summed E-state index contributed by atoms with van der Waals surface area (Å²) in [7, 11) is 0. The van der Waals surface area contributed by atoms with Crippen molar-refractivity contribution < 1.29 is 30.4 Å². The van der Waals surface area contributed by atoms with Gasteiger partial charge in [0.1, 0.15) is 5.82 Å². The van der Waals surface area contributed by atoms with Crippen LogP contribution < -0.4 is 24.4 Å². The van der Waals surface area contributed by atoms with E-state index in [1.165, 1.54) is 22.2 Å². The van der Waals surface area contributed by atoms with E-state index in [0.29, 0.717) is 11.5 Å².